The van der Waals surface area contributed by atoms with Gasteiger partial charge in [0, 0.05) is 18.7 Å². The third-order valence-corrected chi connectivity index (χ3v) is 3.26. The molecule has 1 aromatic carbocycles. The largest absolute Gasteiger partial charge is 0.389 e. The van der Waals surface area contributed by atoms with Gasteiger partial charge in [0.05, 0.1) is 0 Å². The summed E-state index contributed by atoms with van der Waals surface area (Å²) in [4.78, 5) is 2.54. The van der Waals surface area contributed by atoms with Gasteiger partial charge in [0.1, 0.15) is 10.8 Å². The molecule has 1 aromatic rings. The average Bonchev–Trinajstić information content (AvgIpc) is 3.00. The van der Waals surface area contributed by atoms with Gasteiger partial charge in [0.2, 0.25) is 0 Å². The summed E-state index contributed by atoms with van der Waals surface area (Å²) in [6.07, 6.45) is 2.63. The molecule has 0 saturated heterocycles. The lowest BCUT2D eigenvalue weighted by molar-refractivity contribution is 0.312. The highest BCUT2D eigenvalue weighted by atomic mass is 32.1. The molecule has 0 atom stereocenters. The van der Waals surface area contributed by atoms with Crippen molar-refractivity contribution in [3.63, 3.8) is 0 Å². The Bertz CT molecular complexity index is 429. The van der Waals surface area contributed by atoms with Crippen molar-refractivity contribution in [2.45, 2.75) is 19.4 Å². The smallest absolute Gasteiger partial charge is 0.123 e. The molecule has 0 radical (unpaired) electrons. The van der Waals surface area contributed by atoms with Crippen LogP contribution in [0.25, 0.3) is 0 Å². The SMILES string of the molecule is CN(Cc1cc(F)ccc1C(N)=S)CC1CC1. The van der Waals surface area contributed by atoms with Gasteiger partial charge in [-0.3, -0.25) is 0 Å². The molecule has 1 aliphatic rings. The van der Waals surface area contributed by atoms with E-state index in [1.165, 1.54) is 25.0 Å². The Hall–Kier alpha value is -1.00. The minimum atomic E-state index is -0.236. The monoisotopic (exact) mass is 252 g/mol. The Kier molecular flexibility index (Phi) is 3.74. The van der Waals surface area contributed by atoms with Crippen molar-refractivity contribution in [1.29, 1.82) is 0 Å². The lowest BCUT2D eigenvalue weighted by Crippen LogP contribution is -2.23. The van der Waals surface area contributed by atoms with Gasteiger partial charge < -0.3 is 10.6 Å². The van der Waals surface area contributed by atoms with Crippen molar-refractivity contribution in [2.75, 3.05) is 13.6 Å². The second-order valence-corrected chi connectivity index (χ2v) is 5.25. The molecule has 4 heteroatoms. The van der Waals surface area contributed by atoms with Crippen LogP contribution in [0.15, 0.2) is 18.2 Å². The first-order valence-corrected chi connectivity index (χ1v) is 6.24. The second-order valence-electron chi connectivity index (χ2n) is 4.81. The quantitative estimate of drug-likeness (QED) is 0.815. The summed E-state index contributed by atoms with van der Waals surface area (Å²) < 4.78 is 13.2. The van der Waals surface area contributed by atoms with Gasteiger partial charge in [0.15, 0.2) is 0 Å². The maximum atomic E-state index is 13.2. The zero-order chi connectivity index (χ0) is 12.4. The number of nitrogens with zero attached hydrogens (tertiary/aromatic N) is 1. The number of nitrogens with two attached hydrogens (primary N) is 1. The Balaban J connectivity index is 2.11. The average molecular weight is 252 g/mol. The first-order valence-electron chi connectivity index (χ1n) is 5.83. The van der Waals surface area contributed by atoms with Crippen molar-refractivity contribution < 1.29 is 4.39 Å². The van der Waals surface area contributed by atoms with E-state index in [-0.39, 0.29) is 5.82 Å². The van der Waals surface area contributed by atoms with Gasteiger partial charge in [-0.2, -0.15) is 0 Å². The van der Waals surface area contributed by atoms with E-state index in [0.717, 1.165) is 23.6 Å². The van der Waals surface area contributed by atoms with Crippen LogP contribution in [0.5, 0.6) is 0 Å². The first-order chi connectivity index (χ1) is 8.06. The zero-order valence-corrected chi connectivity index (χ0v) is 10.8. The van der Waals surface area contributed by atoms with E-state index in [1.54, 1.807) is 6.07 Å². The molecule has 0 aromatic heterocycles. The number of rotatable bonds is 5. The summed E-state index contributed by atoms with van der Waals surface area (Å²) in [6.45, 7) is 1.76. The second kappa shape index (κ2) is 5.10. The highest BCUT2D eigenvalue weighted by Gasteiger charge is 2.23. The summed E-state index contributed by atoms with van der Waals surface area (Å²) in [6, 6.07) is 4.59. The summed E-state index contributed by atoms with van der Waals surface area (Å²) >= 11 is 4.98. The summed E-state index contributed by atoms with van der Waals surface area (Å²) in [5.74, 6) is 0.585. The van der Waals surface area contributed by atoms with E-state index in [1.807, 2.05) is 7.05 Å². The van der Waals surface area contributed by atoms with Gasteiger partial charge in [0.25, 0.3) is 0 Å². The van der Waals surface area contributed by atoms with E-state index in [4.69, 9.17) is 18.0 Å². The highest BCUT2D eigenvalue weighted by molar-refractivity contribution is 7.80. The number of hydrogen-bond acceptors (Lipinski definition) is 2. The van der Waals surface area contributed by atoms with E-state index < -0.39 is 0 Å². The molecule has 1 fully saturated rings. The van der Waals surface area contributed by atoms with Crippen molar-refractivity contribution >= 4 is 17.2 Å². The predicted octanol–water partition coefficient (Wildman–Crippen LogP) is 2.30. The summed E-state index contributed by atoms with van der Waals surface area (Å²) in [5, 5.41) is 0. The van der Waals surface area contributed by atoms with Gasteiger partial charge in [-0.25, -0.2) is 4.39 Å². The van der Waals surface area contributed by atoms with Crippen LogP contribution in [0, 0.1) is 11.7 Å². The van der Waals surface area contributed by atoms with Gasteiger partial charge in [-0.1, -0.05) is 12.2 Å². The molecule has 92 valence electrons. The minimum Gasteiger partial charge on any atom is -0.389 e. The van der Waals surface area contributed by atoms with Crippen LogP contribution in [0.1, 0.15) is 24.0 Å². The van der Waals surface area contributed by atoms with Crippen LogP contribution in [0.3, 0.4) is 0 Å². The van der Waals surface area contributed by atoms with Gasteiger partial charge in [-0.05, 0) is 49.6 Å². The number of halogens is 1. The van der Waals surface area contributed by atoms with E-state index in [2.05, 4.69) is 4.90 Å². The van der Waals surface area contributed by atoms with E-state index in [9.17, 15) is 4.39 Å². The maximum absolute atomic E-state index is 13.2. The normalized spacial score (nSPS) is 15.2. The van der Waals surface area contributed by atoms with Crippen LogP contribution in [0.4, 0.5) is 4.39 Å². The van der Waals surface area contributed by atoms with Crippen LogP contribution in [-0.2, 0) is 6.54 Å². The lowest BCUT2D eigenvalue weighted by Gasteiger charge is -2.18. The van der Waals surface area contributed by atoms with Crippen molar-refractivity contribution in [1.82, 2.24) is 4.90 Å². The third kappa shape index (κ3) is 3.48. The molecular formula is C13H17FN2S. The Labute approximate surface area is 107 Å². The fourth-order valence-electron chi connectivity index (χ4n) is 2.03. The first kappa shape index (κ1) is 12.5. The molecular weight excluding hydrogens is 235 g/mol. The lowest BCUT2D eigenvalue weighted by atomic mass is 10.1. The molecule has 0 unspecified atom stereocenters. The predicted molar refractivity (Wildman–Crippen MR) is 71.3 cm³/mol. The summed E-state index contributed by atoms with van der Waals surface area (Å²) in [7, 11) is 2.05. The van der Waals surface area contributed by atoms with Crippen molar-refractivity contribution in [2.24, 2.45) is 11.7 Å². The van der Waals surface area contributed by atoms with Crippen LogP contribution in [-0.4, -0.2) is 23.5 Å². The summed E-state index contributed by atoms with van der Waals surface area (Å²) in [5.41, 5.74) is 7.30. The number of thiocarbonyl (C=S) groups is 1. The third-order valence-electron chi connectivity index (χ3n) is 3.04. The fourth-order valence-corrected chi connectivity index (χ4v) is 2.23. The van der Waals surface area contributed by atoms with Crippen LogP contribution >= 0.6 is 12.2 Å². The number of benzene rings is 1. The van der Waals surface area contributed by atoms with E-state index in [0.29, 0.717) is 11.5 Å². The molecule has 1 saturated carbocycles. The molecule has 17 heavy (non-hydrogen) atoms. The molecule has 0 aliphatic heterocycles. The Morgan fingerprint density at radius 1 is 1.53 bits per heavy atom. The molecule has 0 bridgehead atoms. The molecule has 0 amide bonds. The van der Waals surface area contributed by atoms with Crippen molar-refractivity contribution in [3.05, 3.63) is 35.1 Å². The molecule has 2 rings (SSSR count). The highest BCUT2D eigenvalue weighted by Crippen LogP contribution is 2.29. The molecule has 2 N–H and O–H groups in total. The van der Waals surface area contributed by atoms with Gasteiger partial charge in [-0.15, -0.1) is 0 Å². The minimum absolute atomic E-state index is 0.236. The molecule has 0 heterocycles. The fraction of sp³-hybridized carbons (Fsp3) is 0.462. The number of hydrogen-bond donors (Lipinski definition) is 1. The van der Waals surface area contributed by atoms with Crippen LogP contribution < -0.4 is 5.73 Å². The van der Waals surface area contributed by atoms with Crippen molar-refractivity contribution in [3.8, 4) is 0 Å². The van der Waals surface area contributed by atoms with Crippen LogP contribution in [0.2, 0.25) is 0 Å². The topological polar surface area (TPSA) is 29.3 Å². The van der Waals surface area contributed by atoms with E-state index >= 15 is 0 Å². The standard InChI is InChI=1S/C13H17FN2S/c1-16(7-9-2-3-9)8-10-6-11(14)4-5-12(10)13(15)17/h4-6,9H,2-3,7-8H2,1H3,(H2,15,17). The Morgan fingerprint density at radius 3 is 2.82 bits per heavy atom. The zero-order valence-electron chi connectivity index (χ0n) is 9.95. The Morgan fingerprint density at radius 2 is 2.24 bits per heavy atom. The molecule has 2 nitrogen and oxygen atoms in total. The van der Waals surface area contributed by atoms with Gasteiger partial charge >= 0.3 is 0 Å². The maximum Gasteiger partial charge on any atom is 0.123 e. The molecule has 1 aliphatic carbocycles. The molecule has 0 spiro atoms.